The van der Waals surface area contributed by atoms with Crippen LogP contribution in [0.25, 0.3) is 0 Å². The van der Waals surface area contributed by atoms with E-state index < -0.39 is 16.3 Å². The Morgan fingerprint density at radius 3 is 1.36 bits per heavy atom. The second kappa shape index (κ2) is 4.56. The number of hydrogen-bond acceptors (Lipinski definition) is 6. The highest BCUT2D eigenvalue weighted by molar-refractivity contribution is 7.79. The lowest BCUT2D eigenvalue weighted by Crippen LogP contribution is -2.39. The van der Waals surface area contributed by atoms with Gasteiger partial charge in [-0.1, -0.05) is 0 Å². The van der Waals surface area contributed by atoms with Crippen LogP contribution in [-0.4, -0.2) is 38.9 Å². The molecule has 0 radical (unpaired) electrons. The Kier molecular flexibility index (Phi) is 5.52. The summed E-state index contributed by atoms with van der Waals surface area (Å²) < 4.78 is 31.6. The van der Waals surface area contributed by atoms with E-state index in [2.05, 4.69) is 0 Å². The van der Waals surface area contributed by atoms with Gasteiger partial charge in [0.05, 0.1) is 0 Å². The molecule has 6 N–H and O–H groups in total. The minimum Gasteiger partial charge on any atom is -0.352 e. The van der Waals surface area contributed by atoms with Gasteiger partial charge in [-0.2, -0.15) is 13.9 Å². The molecule has 0 aliphatic rings. The largest absolute Gasteiger partial charge is 0.394 e. The fourth-order valence-corrected chi connectivity index (χ4v) is 0. The second-order valence-electron chi connectivity index (χ2n) is 1.58. The zero-order chi connectivity index (χ0) is 9.71. The summed E-state index contributed by atoms with van der Waals surface area (Å²) >= 11 is 0. The maximum absolute atomic E-state index is 8.74. The van der Waals surface area contributed by atoms with Crippen molar-refractivity contribution in [2.45, 2.75) is 12.8 Å². The van der Waals surface area contributed by atoms with Crippen LogP contribution in [0, 0.1) is 0 Å². The van der Waals surface area contributed by atoms with Gasteiger partial charge in [-0.25, -0.2) is 0 Å². The number of rotatable bonds is 1. The summed E-state index contributed by atoms with van der Waals surface area (Å²) in [7, 11) is -4.67. The normalized spacial score (nSPS) is 11.8. The zero-order valence-corrected chi connectivity index (χ0v) is 6.28. The van der Waals surface area contributed by atoms with Gasteiger partial charge in [0, 0.05) is 6.92 Å². The predicted octanol–water partition coefficient (Wildman–Crippen LogP) is -2.03. The van der Waals surface area contributed by atoms with E-state index in [0.29, 0.717) is 0 Å². The van der Waals surface area contributed by atoms with E-state index in [9.17, 15) is 0 Å². The van der Waals surface area contributed by atoms with Gasteiger partial charge in [-0.15, -0.1) is 0 Å². The SMILES string of the molecule is CC(O)(O)NO.O=S(=O)(O)O. The van der Waals surface area contributed by atoms with Gasteiger partial charge < -0.3 is 15.4 Å². The van der Waals surface area contributed by atoms with Crippen LogP contribution in [0.15, 0.2) is 0 Å². The molecule has 9 heteroatoms. The van der Waals surface area contributed by atoms with Crippen molar-refractivity contribution in [3.63, 3.8) is 0 Å². The third-order valence-electron chi connectivity index (χ3n) is 0.212. The zero-order valence-electron chi connectivity index (χ0n) is 5.46. The molecule has 0 atom stereocenters. The molecule has 0 spiro atoms. The van der Waals surface area contributed by atoms with Crippen molar-refractivity contribution in [1.29, 1.82) is 0 Å². The van der Waals surface area contributed by atoms with Crippen molar-refractivity contribution < 1.29 is 32.9 Å². The predicted molar refractivity (Wildman–Crippen MR) is 31.9 cm³/mol. The number of aliphatic hydroxyl groups is 2. The summed E-state index contributed by atoms with van der Waals surface area (Å²) in [5, 5.41) is 23.7. The lowest BCUT2D eigenvalue weighted by atomic mass is 10.6. The summed E-state index contributed by atoms with van der Waals surface area (Å²) in [6, 6.07) is 0. The molecule has 11 heavy (non-hydrogen) atoms. The van der Waals surface area contributed by atoms with Gasteiger partial charge in [0.2, 0.25) is 5.91 Å². The van der Waals surface area contributed by atoms with Crippen molar-refractivity contribution in [2.24, 2.45) is 0 Å². The van der Waals surface area contributed by atoms with E-state index >= 15 is 0 Å². The quantitative estimate of drug-likeness (QED) is 0.158. The third-order valence-corrected chi connectivity index (χ3v) is 0.212. The lowest BCUT2D eigenvalue weighted by Gasteiger charge is -2.10. The Morgan fingerprint density at radius 2 is 1.36 bits per heavy atom. The molecule has 0 fully saturated rings. The Hall–Kier alpha value is -0.290. The molecule has 0 saturated heterocycles. The molecule has 0 aliphatic heterocycles. The summed E-state index contributed by atoms with van der Waals surface area (Å²) in [6.45, 7) is 0.993. The van der Waals surface area contributed by atoms with E-state index in [-0.39, 0.29) is 0 Å². The summed E-state index contributed by atoms with van der Waals surface area (Å²) in [6.07, 6.45) is 0. The van der Waals surface area contributed by atoms with Crippen LogP contribution < -0.4 is 5.48 Å². The highest BCUT2D eigenvalue weighted by atomic mass is 32.3. The molecule has 8 nitrogen and oxygen atoms in total. The van der Waals surface area contributed by atoms with Gasteiger partial charge in [-0.05, 0) is 0 Å². The van der Waals surface area contributed by atoms with Crippen LogP contribution in [0.5, 0.6) is 0 Å². The number of nitrogens with one attached hydrogen (secondary N) is 1. The van der Waals surface area contributed by atoms with Crippen LogP contribution in [0.1, 0.15) is 6.92 Å². The Morgan fingerprint density at radius 1 is 1.27 bits per heavy atom. The molecule has 0 aromatic heterocycles. The van der Waals surface area contributed by atoms with Crippen LogP contribution in [0.3, 0.4) is 0 Å². The monoisotopic (exact) mass is 191 g/mol. The average molecular weight is 191 g/mol. The molecule has 0 saturated carbocycles. The first-order chi connectivity index (χ1) is 4.56. The highest BCUT2D eigenvalue weighted by Gasteiger charge is 2.09. The average Bonchev–Trinajstić information content (AvgIpc) is 1.59. The Bertz CT molecular complexity index is 169. The minimum atomic E-state index is -4.67. The molecule has 0 aromatic rings. The van der Waals surface area contributed by atoms with Gasteiger partial charge in [-0.3, -0.25) is 9.11 Å². The van der Waals surface area contributed by atoms with Crippen LogP contribution in [0.2, 0.25) is 0 Å². The lowest BCUT2D eigenvalue weighted by molar-refractivity contribution is -0.226. The second-order valence-corrected chi connectivity index (χ2v) is 2.48. The van der Waals surface area contributed by atoms with Gasteiger partial charge in [0.15, 0.2) is 0 Å². The molecular formula is C2H9NO7S. The van der Waals surface area contributed by atoms with Crippen molar-refractivity contribution in [1.82, 2.24) is 5.48 Å². The van der Waals surface area contributed by atoms with Crippen molar-refractivity contribution >= 4 is 10.4 Å². The first kappa shape index (κ1) is 13.3. The molecule has 0 aliphatic carbocycles. The third kappa shape index (κ3) is 78.6. The van der Waals surface area contributed by atoms with E-state index in [1.165, 1.54) is 5.48 Å². The summed E-state index contributed by atoms with van der Waals surface area (Å²) in [5.41, 5.74) is 1.22. The van der Waals surface area contributed by atoms with Crippen molar-refractivity contribution in [3.8, 4) is 0 Å². The fourth-order valence-electron chi connectivity index (χ4n) is 0. The van der Waals surface area contributed by atoms with E-state index in [4.69, 9.17) is 32.9 Å². The topological polar surface area (TPSA) is 147 Å². The van der Waals surface area contributed by atoms with Gasteiger partial charge in [0.25, 0.3) is 0 Å². The van der Waals surface area contributed by atoms with Crippen LogP contribution in [0.4, 0.5) is 0 Å². The van der Waals surface area contributed by atoms with Crippen LogP contribution >= 0.6 is 0 Å². The molecule has 0 heterocycles. The number of hydrogen-bond donors (Lipinski definition) is 6. The maximum Gasteiger partial charge on any atom is 0.394 e. The molecule has 0 rings (SSSR count). The molecule has 0 aromatic carbocycles. The van der Waals surface area contributed by atoms with Gasteiger partial charge >= 0.3 is 10.4 Å². The number of hydroxylamine groups is 1. The first-order valence-electron chi connectivity index (χ1n) is 2.12. The van der Waals surface area contributed by atoms with E-state index in [1.54, 1.807) is 0 Å². The Labute approximate surface area is 62.6 Å². The molecule has 70 valence electrons. The summed E-state index contributed by atoms with van der Waals surface area (Å²) in [4.78, 5) is 0. The van der Waals surface area contributed by atoms with Crippen molar-refractivity contribution in [2.75, 3.05) is 0 Å². The van der Waals surface area contributed by atoms with E-state index in [0.717, 1.165) is 6.92 Å². The van der Waals surface area contributed by atoms with Crippen molar-refractivity contribution in [3.05, 3.63) is 0 Å². The highest BCUT2D eigenvalue weighted by Crippen LogP contribution is 1.83. The molecule has 0 amide bonds. The smallest absolute Gasteiger partial charge is 0.352 e. The summed E-state index contributed by atoms with van der Waals surface area (Å²) in [5.74, 6) is -2.15. The fraction of sp³-hybridized carbons (Fsp3) is 1.00. The standard InChI is InChI=1S/C2H7NO3.H2O4S/c1-2(4,5)3-6;1-5(2,3)4/h3-6H,1H3;(H2,1,2,3,4). The minimum absolute atomic E-state index is 0.993. The molecule has 0 unspecified atom stereocenters. The first-order valence-corrected chi connectivity index (χ1v) is 3.52. The molecule has 0 bridgehead atoms. The molecular weight excluding hydrogens is 182 g/mol. The van der Waals surface area contributed by atoms with Gasteiger partial charge in [0.1, 0.15) is 0 Å². The maximum atomic E-state index is 8.74. The van der Waals surface area contributed by atoms with E-state index in [1.807, 2.05) is 0 Å². The van der Waals surface area contributed by atoms with Crippen LogP contribution in [-0.2, 0) is 10.4 Å². The Balaban J connectivity index is 0.